The fraction of sp³-hybridized carbons (Fsp3) is 0.750. The minimum atomic E-state index is -1.21. The van der Waals surface area contributed by atoms with Crippen LogP contribution in [-0.2, 0) is 9.47 Å². The largest absolute Gasteiger partial charge is 0.511 e. The fourth-order valence-electron chi connectivity index (χ4n) is 0.423. The van der Waals surface area contributed by atoms with Crippen molar-refractivity contribution in [2.75, 3.05) is 0 Å². The van der Waals surface area contributed by atoms with Gasteiger partial charge in [-0.3, -0.25) is 0 Å². The van der Waals surface area contributed by atoms with Crippen LogP contribution >= 0.6 is 23.2 Å². The lowest BCUT2D eigenvalue weighted by Crippen LogP contribution is -2.24. The molecule has 52 valence electrons. The van der Waals surface area contributed by atoms with E-state index in [9.17, 15) is 4.79 Å². The van der Waals surface area contributed by atoms with Crippen LogP contribution in [0.1, 0.15) is 6.92 Å². The van der Waals surface area contributed by atoms with Gasteiger partial charge in [0.25, 0.3) is 0 Å². The molecule has 1 aliphatic rings. The molecule has 2 unspecified atom stereocenters. The smallest absolute Gasteiger partial charge is 0.409 e. The summed E-state index contributed by atoms with van der Waals surface area (Å²) in [5.74, 6) is 0. The quantitative estimate of drug-likeness (QED) is 0.410. The molecule has 0 radical (unpaired) electrons. The van der Waals surface area contributed by atoms with Gasteiger partial charge in [-0.05, 0) is 6.92 Å². The van der Waals surface area contributed by atoms with Crippen molar-refractivity contribution in [3.8, 4) is 0 Å². The van der Waals surface area contributed by atoms with Crippen molar-refractivity contribution in [2.45, 2.75) is 17.5 Å². The summed E-state index contributed by atoms with van der Waals surface area (Å²) >= 11 is 10.9. The maximum absolute atomic E-state index is 10.3. The normalized spacial score (nSPS) is 42.1. The second kappa shape index (κ2) is 1.92. The summed E-state index contributed by atoms with van der Waals surface area (Å²) in [4.78, 5) is 10.3. The Morgan fingerprint density at radius 2 is 2.33 bits per heavy atom. The van der Waals surface area contributed by atoms with Crippen LogP contribution in [0.3, 0.4) is 0 Å². The van der Waals surface area contributed by atoms with Crippen molar-refractivity contribution in [3.63, 3.8) is 0 Å². The van der Waals surface area contributed by atoms with Gasteiger partial charge < -0.3 is 9.47 Å². The lowest BCUT2D eigenvalue weighted by atomic mass is 10.4. The third-order valence-electron chi connectivity index (χ3n) is 0.888. The molecule has 0 aromatic heterocycles. The first-order chi connectivity index (χ1) is 4.02. The summed E-state index contributed by atoms with van der Waals surface area (Å²) in [6.45, 7) is 1.46. The molecule has 1 aliphatic heterocycles. The molecule has 9 heavy (non-hydrogen) atoms. The van der Waals surface area contributed by atoms with E-state index in [0.29, 0.717) is 0 Å². The molecule has 0 N–H and O–H groups in total. The molecule has 2 atom stereocenters. The highest BCUT2D eigenvalue weighted by atomic mass is 35.5. The summed E-state index contributed by atoms with van der Waals surface area (Å²) in [5, 5.41) is -1.21. The number of carbonyl (C=O) groups is 1. The van der Waals surface area contributed by atoms with E-state index in [1.54, 1.807) is 0 Å². The average molecular weight is 171 g/mol. The standard InChI is InChI=1S/C4H4Cl2O3/c1-4(6)2(5)8-3(7)9-4/h2H,1H3. The number of halogens is 2. The zero-order chi connectivity index (χ0) is 7.07. The molecule has 5 heteroatoms. The minimum absolute atomic E-state index is 0.826. The van der Waals surface area contributed by atoms with Crippen LogP contribution in [0.2, 0.25) is 0 Å². The molecular weight excluding hydrogens is 167 g/mol. The van der Waals surface area contributed by atoms with Gasteiger partial charge in [0.1, 0.15) is 0 Å². The van der Waals surface area contributed by atoms with Gasteiger partial charge in [0, 0.05) is 0 Å². The van der Waals surface area contributed by atoms with Gasteiger partial charge in [-0.25, -0.2) is 4.79 Å². The summed E-state index contributed by atoms with van der Waals surface area (Å²) in [5.41, 5.74) is -0.897. The number of carbonyl (C=O) groups excluding carboxylic acids is 1. The Labute approximate surface area is 61.8 Å². The first kappa shape index (κ1) is 6.96. The van der Waals surface area contributed by atoms with Gasteiger partial charge in [0.05, 0.1) is 0 Å². The highest BCUT2D eigenvalue weighted by Gasteiger charge is 2.45. The van der Waals surface area contributed by atoms with Crippen LogP contribution < -0.4 is 0 Å². The molecule has 1 rings (SSSR count). The fourth-order valence-corrected chi connectivity index (χ4v) is 0.648. The molecule has 0 aliphatic carbocycles. The predicted molar refractivity (Wildman–Crippen MR) is 31.5 cm³/mol. The van der Waals surface area contributed by atoms with Crippen LogP contribution in [0.5, 0.6) is 0 Å². The van der Waals surface area contributed by atoms with Crippen LogP contribution in [0.4, 0.5) is 4.79 Å². The zero-order valence-electron chi connectivity index (χ0n) is 4.56. The molecule has 0 amide bonds. The number of ether oxygens (including phenoxy) is 2. The first-order valence-corrected chi connectivity index (χ1v) is 3.06. The van der Waals surface area contributed by atoms with Crippen LogP contribution in [0, 0.1) is 0 Å². The lowest BCUT2D eigenvalue weighted by molar-refractivity contribution is 0.112. The number of alkyl halides is 2. The molecule has 1 heterocycles. The Kier molecular flexibility index (Phi) is 1.49. The van der Waals surface area contributed by atoms with E-state index in [1.165, 1.54) is 6.92 Å². The molecule has 0 bridgehead atoms. The SMILES string of the molecule is CC1(Cl)OC(=O)OC1Cl. The summed E-state index contributed by atoms with van der Waals surface area (Å²) in [7, 11) is 0. The summed E-state index contributed by atoms with van der Waals surface area (Å²) < 4.78 is 8.78. The van der Waals surface area contributed by atoms with E-state index in [-0.39, 0.29) is 0 Å². The van der Waals surface area contributed by atoms with Gasteiger partial charge >= 0.3 is 6.16 Å². The van der Waals surface area contributed by atoms with Crippen LogP contribution in [0.15, 0.2) is 0 Å². The Balaban J connectivity index is 2.69. The summed E-state index contributed by atoms with van der Waals surface area (Å²) in [6, 6.07) is 0. The highest BCUT2D eigenvalue weighted by Crippen LogP contribution is 2.32. The van der Waals surface area contributed by atoms with Gasteiger partial charge in [-0.2, -0.15) is 0 Å². The number of cyclic esters (lactones) is 2. The molecule has 0 saturated carbocycles. The van der Waals surface area contributed by atoms with Crippen molar-refractivity contribution in [2.24, 2.45) is 0 Å². The van der Waals surface area contributed by atoms with E-state index in [4.69, 9.17) is 23.2 Å². The number of hydrogen-bond donors (Lipinski definition) is 0. The third-order valence-corrected chi connectivity index (χ3v) is 1.78. The highest BCUT2D eigenvalue weighted by molar-refractivity contribution is 6.32. The molecule has 1 saturated heterocycles. The number of hydrogen-bond acceptors (Lipinski definition) is 3. The maximum atomic E-state index is 10.3. The second-order valence-corrected chi connectivity index (χ2v) is 2.92. The molecular formula is C4H4Cl2O3. The number of rotatable bonds is 0. The second-order valence-electron chi connectivity index (χ2n) is 1.77. The van der Waals surface area contributed by atoms with Crippen molar-refractivity contribution < 1.29 is 14.3 Å². The van der Waals surface area contributed by atoms with Gasteiger partial charge in [0.2, 0.25) is 10.6 Å². The van der Waals surface area contributed by atoms with Crippen molar-refractivity contribution >= 4 is 29.4 Å². The van der Waals surface area contributed by atoms with Crippen molar-refractivity contribution in [1.82, 2.24) is 0 Å². The van der Waals surface area contributed by atoms with E-state index < -0.39 is 16.8 Å². The minimum Gasteiger partial charge on any atom is -0.409 e. The first-order valence-electron chi connectivity index (χ1n) is 2.25. The van der Waals surface area contributed by atoms with Crippen LogP contribution in [-0.4, -0.2) is 16.8 Å². The zero-order valence-corrected chi connectivity index (χ0v) is 6.07. The topological polar surface area (TPSA) is 35.5 Å². The Bertz CT molecular complexity index is 145. The van der Waals surface area contributed by atoms with Gasteiger partial charge in [-0.15, -0.1) is 0 Å². The van der Waals surface area contributed by atoms with Crippen molar-refractivity contribution in [1.29, 1.82) is 0 Å². The van der Waals surface area contributed by atoms with E-state index in [2.05, 4.69) is 9.47 Å². The average Bonchev–Trinajstić information content (AvgIpc) is 1.79. The van der Waals surface area contributed by atoms with Crippen molar-refractivity contribution in [3.05, 3.63) is 0 Å². The van der Waals surface area contributed by atoms with E-state index >= 15 is 0 Å². The van der Waals surface area contributed by atoms with Gasteiger partial charge in [0.15, 0.2) is 0 Å². The van der Waals surface area contributed by atoms with E-state index in [1.807, 2.05) is 0 Å². The Morgan fingerprint density at radius 1 is 1.78 bits per heavy atom. The molecule has 0 aromatic carbocycles. The maximum Gasteiger partial charge on any atom is 0.511 e. The Hall–Kier alpha value is -0.150. The monoisotopic (exact) mass is 170 g/mol. The van der Waals surface area contributed by atoms with Gasteiger partial charge in [-0.1, -0.05) is 23.2 Å². The summed E-state index contributed by atoms with van der Waals surface area (Å²) in [6.07, 6.45) is -0.826. The van der Waals surface area contributed by atoms with E-state index in [0.717, 1.165) is 0 Å². The van der Waals surface area contributed by atoms with Crippen LogP contribution in [0.25, 0.3) is 0 Å². The predicted octanol–water partition coefficient (Wildman–Crippen LogP) is 1.67. The molecule has 3 nitrogen and oxygen atoms in total. The lowest BCUT2D eigenvalue weighted by Gasteiger charge is -2.11. The Morgan fingerprint density at radius 3 is 2.44 bits per heavy atom. The molecule has 0 aromatic rings. The molecule has 0 spiro atoms. The third kappa shape index (κ3) is 1.22. The molecule has 1 fully saturated rings.